The van der Waals surface area contributed by atoms with E-state index in [4.69, 9.17) is 0 Å². The molecule has 0 fully saturated rings. The largest absolute Gasteiger partial charge is 0.356 e. The molecule has 0 spiro atoms. The minimum absolute atomic E-state index is 0.614. The molecule has 0 amide bonds. The highest BCUT2D eigenvalue weighted by Gasteiger charge is 2.06. The Morgan fingerprint density at radius 2 is 1.94 bits per heavy atom. The van der Waals surface area contributed by atoms with Gasteiger partial charge in [0.25, 0.3) is 0 Å². The Hall–Kier alpha value is -1.03. The standard InChI is InChI=1S/C14H22BrN3/c1-11(2)9-17-14(16-3)18(4)10-12-5-7-13(15)8-6-12/h5-8,11H,9-10H2,1-4H3,(H,16,17). The molecule has 0 heterocycles. The van der Waals surface area contributed by atoms with Gasteiger partial charge in [0.15, 0.2) is 5.96 Å². The van der Waals surface area contributed by atoms with Gasteiger partial charge in [0.2, 0.25) is 0 Å². The Morgan fingerprint density at radius 3 is 2.44 bits per heavy atom. The SMILES string of the molecule is CN=C(NCC(C)C)N(C)Cc1ccc(Br)cc1. The molecule has 3 nitrogen and oxygen atoms in total. The van der Waals surface area contributed by atoms with Crippen molar-refractivity contribution >= 4 is 21.9 Å². The zero-order valence-electron chi connectivity index (χ0n) is 11.6. The molecule has 1 aromatic rings. The van der Waals surface area contributed by atoms with Crippen LogP contribution in [0, 0.1) is 5.92 Å². The van der Waals surface area contributed by atoms with Crippen molar-refractivity contribution in [3.05, 3.63) is 34.3 Å². The fourth-order valence-electron chi connectivity index (χ4n) is 1.62. The molecule has 1 rings (SSSR count). The molecule has 1 N–H and O–H groups in total. The van der Waals surface area contributed by atoms with Gasteiger partial charge >= 0.3 is 0 Å². The second kappa shape index (κ2) is 7.41. The van der Waals surface area contributed by atoms with E-state index in [9.17, 15) is 0 Å². The first-order valence-electron chi connectivity index (χ1n) is 6.19. The van der Waals surface area contributed by atoms with Crippen LogP contribution in [0.3, 0.4) is 0 Å². The molecule has 100 valence electrons. The molecule has 1 aromatic carbocycles. The van der Waals surface area contributed by atoms with Crippen LogP contribution in [0.2, 0.25) is 0 Å². The lowest BCUT2D eigenvalue weighted by Gasteiger charge is -2.23. The van der Waals surface area contributed by atoms with Crippen LogP contribution in [0.15, 0.2) is 33.7 Å². The molecule has 0 aliphatic rings. The maximum atomic E-state index is 4.30. The van der Waals surface area contributed by atoms with Gasteiger partial charge in [-0.05, 0) is 23.6 Å². The Balaban J connectivity index is 2.57. The molecule has 0 bridgehead atoms. The third kappa shape index (κ3) is 5.08. The number of halogens is 1. The van der Waals surface area contributed by atoms with E-state index in [0.717, 1.165) is 23.5 Å². The average Bonchev–Trinajstić information content (AvgIpc) is 2.32. The van der Waals surface area contributed by atoms with Gasteiger partial charge in [-0.3, -0.25) is 4.99 Å². The number of hydrogen-bond donors (Lipinski definition) is 1. The van der Waals surface area contributed by atoms with Gasteiger partial charge in [0, 0.05) is 31.7 Å². The summed E-state index contributed by atoms with van der Waals surface area (Å²) in [7, 11) is 3.87. The first-order chi connectivity index (χ1) is 8.52. The van der Waals surface area contributed by atoms with Crippen molar-refractivity contribution in [2.24, 2.45) is 10.9 Å². The zero-order chi connectivity index (χ0) is 13.5. The lowest BCUT2D eigenvalue weighted by Crippen LogP contribution is -2.40. The lowest BCUT2D eigenvalue weighted by molar-refractivity contribution is 0.468. The molecule has 0 aromatic heterocycles. The van der Waals surface area contributed by atoms with Crippen LogP contribution in [0.25, 0.3) is 0 Å². The number of aliphatic imine (C=N–C) groups is 1. The molecule has 0 aliphatic carbocycles. The normalized spacial score (nSPS) is 11.8. The van der Waals surface area contributed by atoms with Crippen molar-refractivity contribution in [3.8, 4) is 0 Å². The summed E-state index contributed by atoms with van der Waals surface area (Å²) in [6, 6.07) is 8.37. The van der Waals surface area contributed by atoms with Crippen molar-refractivity contribution in [3.63, 3.8) is 0 Å². The summed E-state index contributed by atoms with van der Waals surface area (Å²) in [6.45, 7) is 6.17. The number of benzene rings is 1. The first-order valence-corrected chi connectivity index (χ1v) is 6.98. The molecule has 0 radical (unpaired) electrons. The predicted molar refractivity (Wildman–Crippen MR) is 81.8 cm³/mol. The van der Waals surface area contributed by atoms with E-state index in [1.807, 2.05) is 7.05 Å². The minimum Gasteiger partial charge on any atom is -0.356 e. The van der Waals surface area contributed by atoms with Crippen molar-refractivity contribution < 1.29 is 0 Å². The van der Waals surface area contributed by atoms with E-state index in [1.54, 1.807) is 0 Å². The Labute approximate surface area is 118 Å². The third-order valence-electron chi connectivity index (χ3n) is 2.57. The second-order valence-electron chi connectivity index (χ2n) is 4.80. The van der Waals surface area contributed by atoms with Crippen LogP contribution in [0.1, 0.15) is 19.4 Å². The number of nitrogens with zero attached hydrogens (tertiary/aromatic N) is 2. The number of guanidine groups is 1. The van der Waals surface area contributed by atoms with E-state index in [2.05, 4.69) is 76.3 Å². The monoisotopic (exact) mass is 311 g/mol. The summed E-state index contributed by atoms with van der Waals surface area (Å²) in [6.07, 6.45) is 0. The molecule has 4 heteroatoms. The average molecular weight is 312 g/mol. The zero-order valence-corrected chi connectivity index (χ0v) is 13.2. The summed E-state index contributed by atoms with van der Waals surface area (Å²) in [4.78, 5) is 6.43. The van der Waals surface area contributed by atoms with E-state index < -0.39 is 0 Å². The highest BCUT2D eigenvalue weighted by molar-refractivity contribution is 9.10. The van der Waals surface area contributed by atoms with Crippen LogP contribution in [0.5, 0.6) is 0 Å². The number of nitrogens with one attached hydrogen (secondary N) is 1. The summed E-state index contributed by atoms with van der Waals surface area (Å²) in [5, 5.41) is 3.37. The summed E-state index contributed by atoms with van der Waals surface area (Å²) >= 11 is 3.45. The van der Waals surface area contributed by atoms with Gasteiger partial charge in [-0.25, -0.2) is 0 Å². The van der Waals surface area contributed by atoms with Gasteiger partial charge in [-0.1, -0.05) is 41.9 Å². The highest BCUT2D eigenvalue weighted by atomic mass is 79.9. The Bertz CT molecular complexity index is 385. The van der Waals surface area contributed by atoms with E-state index in [-0.39, 0.29) is 0 Å². The van der Waals surface area contributed by atoms with E-state index in [0.29, 0.717) is 5.92 Å². The Kier molecular flexibility index (Phi) is 6.19. The molecule has 0 aliphatic heterocycles. The topological polar surface area (TPSA) is 27.6 Å². The molecule has 0 atom stereocenters. The van der Waals surface area contributed by atoms with Crippen molar-refractivity contribution in [1.29, 1.82) is 0 Å². The van der Waals surface area contributed by atoms with Gasteiger partial charge in [-0.2, -0.15) is 0 Å². The third-order valence-corrected chi connectivity index (χ3v) is 3.10. The molecule has 18 heavy (non-hydrogen) atoms. The quantitative estimate of drug-likeness (QED) is 0.683. The Morgan fingerprint density at radius 1 is 1.33 bits per heavy atom. The second-order valence-corrected chi connectivity index (χ2v) is 5.72. The fraction of sp³-hybridized carbons (Fsp3) is 0.500. The lowest BCUT2D eigenvalue weighted by atomic mass is 10.2. The molecular formula is C14H22BrN3. The minimum atomic E-state index is 0.614. The van der Waals surface area contributed by atoms with Crippen molar-refractivity contribution in [2.45, 2.75) is 20.4 Å². The van der Waals surface area contributed by atoms with Gasteiger partial charge in [0.1, 0.15) is 0 Å². The van der Waals surface area contributed by atoms with Gasteiger partial charge < -0.3 is 10.2 Å². The first kappa shape index (κ1) is 15.0. The van der Waals surface area contributed by atoms with Crippen LogP contribution in [-0.4, -0.2) is 31.5 Å². The van der Waals surface area contributed by atoms with E-state index in [1.165, 1.54) is 5.56 Å². The number of rotatable bonds is 4. The van der Waals surface area contributed by atoms with Gasteiger partial charge in [0.05, 0.1) is 0 Å². The summed E-state index contributed by atoms with van der Waals surface area (Å²) in [5.41, 5.74) is 1.27. The predicted octanol–water partition coefficient (Wildman–Crippen LogP) is 3.11. The molecule has 0 unspecified atom stereocenters. The van der Waals surface area contributed by atoms with Crippen LogP contribution in [0.4, 0.5) is 0 Å². The maximum absolute atomic E-state index is 4.30. The summed E-state index contributed by atoms with van der Waals surface area (Å²) < 4.78 is 1.11. The highest BCUT2D eigenvalue weighted by Crippen LogP contribution is 2.11. The molecular weight excluding hydrogens is 290 g/mol. The molecule has 0 saturated heterocycles. The van der Waals surface area contributed by atoms with Crippen LogP contribution in [-0.2, 0) is 6.54 Å². The smallest absolute Gasteiger partial charge is 0.193 e. The van der Waals surface area contributed by atoms with Crippen molar-refractivity contribution in [1.82, 2.24) is 10.2 Å². The van der Waals surface area contributed by atoms with Crippen molar-refractivity contribution in [2.75, 3.05) is 20.6 Å². The van der Waals surface area contributed by atoms with E-state index >= 15 is 0 Å². The fourth-order valence-corrected chi connectivity index (χ4v) is 1.88. The van der Waals surface area contributed by atoms with Crippen LogP contribution >= 0.6 is 15.9 Å². The van der Waals surface area contributed by atoms with Crippen LogP contribution < -0.4 is 5.32 Å². The van der Waals surface area contributed by atoms with Gasteiger partial charge in [-0.15, -0.1) is 0 Å². The number of hydrogen-bond acceptors (Lipinski definition) is 1. The molecule has 0 saturated carbocycles. The maximum Gasteiger partial charge on any atom is 0.193 e. The summed E-state index contributed by atoms with van der Waals surface area (Å²) in [5.74, 6) is 1.55.